The first-order valence-electron chi connectivity index (χ1n) is 5.67. The van der Waals surface area contributed by atoms with Crippen LogP contribution in [0, 0.1) is 0 Å². The van der Waals surface area contributed by atoms with Crippen LogP contribution in [0.3, 0.4) is 0 Å². The minimum atomic E-state index is -3.14. The molecule has 0 aliphatic rings. The summed E-state index contributed by atoms with van der Waals surface area (Å²) in [6.45, 7) is 1.86. The number of rotatable bonds is 7. The quantitative estimate of drug-likeness (QED) is 0.784. The number of hydrogen-bond acceptors (Lipinski definition) is 2. The number of halogens is 1. The third-order valence-electron chi connectivity index (χ3n) is 2.33. The molecule has 0 aliphatic heterocycles. The zero-order valence-electron chi connectivity index (χ0n) is 9.90. The number of hydrogen-bond donors (Lipinski definition) is 1. The third kappa shape index (κ3) is 5.66. The zero-order chi connectivity index (χ0) is 12.7. The second-order valence-corrected chi connectivity index (χ2v) is 6.50. The van der Waals surface area contributed by atoms with Crippen molar-refractivity contribution in [3.8, 4) is 0 Å². The fraction of sp³-hybridized carbons (Fsp3) is 0.500. The van der Waals surface area contributed by atoms with E-state index in [1.807, 2.05) is 37.3 Å². The fourth-order valence-corrected chi connectivity index (χ4v) is 3.54. The van der Waals surface area contributed by atoms with Crippen molar-refractivity contribution < 1.29 is 8.42 Å². The standard InChI is InChI=1S/C12H18BrNO2S/c1-2-8-17(15,16)14-12(10-13)9-11-6-4-3-5-7-11/h3-7,12,14H,2,8-10H2,1H3. The molecule has 0 amide bonds. The molecule has 0 bridgehead atoms. The Balaban J connectivity index is 2.61. The van der Waals surface area contributed by atoms with Crippen molar-refractivity contribution in [3.63, 3.8) is 0 Å². The first kappa shape index (κ1) is 14.7. The molecular weight excluding hydrogens is 302 g/mol. The van der Waals surface area contributed by atoms with Crippen molar-refractivity contribution >= 4 is 26.0 Å². The molecule has 1 atom stereocenters. The predicted molar refractivity (Wildman–Crippen MR) is 74.9 cm³/mol. The molecule has 0 spiro atoms. The highest BCUT2D eigenvalue weighted by molar-refractivity contribution is 9.09. The van der Waals surface area contributed by atoms with Crippen LogP contribution in [-0.4, -0.2) is 25.5 Å². The second-order valence-electron chi connectivity index (χ2n) is 3.98. The first-order chi connectivity index (χ1) is 8.07. The number of sulfonamides is 1. The van der Waals surface area contributed by atoms with Gasteiger partial charge in [-0.05, 0) is 18.4 Å². The van der Waals surface area contributed by atoms with Crippen molar-refractivity contribution in [2.75, 3.05) is 11.1 Å². The Labute approximate surface area is 112 Å². The molecule has 3 nitrogen and oxygen atoms in total. The van der Waals surface area contributed by atoms with E-state index < -0.39 is 10.0 Å². The average molecular weight is 320 g/mol. The lowest BCUT2D eigenvalue weighted by molar-refractivity contribution is 0.561. The highest BCUT2D eigenvalue weighted by atomic mass is 79.9. The largest absolute Gasteiger partial charge is 0.212 e. The second kappa shape index (κ2) is 7.13. The molecular formula is C12H18BrNO2S. The van der Waals surface area contributed by atoms with Crippen molar-refractivity contribution in [3.05, 3.63) is 35.9 Å². The Morgan fingerprint density at radius 2 is 1.94 bits per heavy atom. The van der Waals surface area contributed by atoms with Gasteiger partial charge in [0.2, 0.25) is 10.0 Å². The van der Waals surface area contributed by atoms with Gasteiger partial charge in [0.15, 0.2) is 0 Å². The summed E-state index contributed by atoms with van der Waals surface area (Å²) in [4.78, 5) is 0. The molecule has 0 heterocycles. The van der Waals surface area contributed by atoms with Crippen LogP contribution < -0.4 is 4.72 Å². The van der Waals surface area contributed by atoms with Crippen LogP contribution in [0.15, 0.2) is 30.3 Å². The van der Waals surface area contributed by atoms with Crippen molar-refractivity contribution in [1.82, 2.24) is 4.72 Å². The van der Waals surface area contributed by atoms with E-state index in [4.69, 9.17) is 0 Å². The maximum Gasteiger partial charge on any atom is 0.211 e. The van der Waals surface area contributed by atoms with Gasteiger partial charge >= 0.3 is 0 Å². The minimum Gasteiger partial charge on any atom is -0.212 e. The van der Waals surface area contributed by atoms with E-state index in [0.29, 0.717) is 18.2 Å². The summed E-state index contributed by atoms with van der Waals surface area (Å²) in [5.41, 5.74) is 1.14. The van der Waals surface area contributed by atoms with E-state index in [0.717, 1.165) is 5.56 Å². The molecule has 17 heavy (non-hydrogen) atoms. The minimum absolute atomic E-state index is 0.0889. The molecule has 0 saturated heterocycles. The van der Waals surface area contributed by atoms with E-state index in [1.54, 1.807) is 0 Å². The van der Waals surface area contributed by atoms with E-state index >= 15 is 0 Å². The van der Waals surface area contributed by atoms with Crippen LogP contribution in [0.5, 0.6) is 0 Å². The van der Waals surface area contributed by atoms with Gasteiger partial charge < -0.3 is 0 Å². The van der Waals surface area contributed by atoms with Crippen LogP contribution >= 0.6 is 15.9 Å². The van der Waals surface area contributed by atoms with Gasteiger partial charge in [-0.3, -0.25) is 0 Å². The number of benzene rings is 1. The lowest BCUT2D eigenvalue weighted by atomic mass is 10.1. The maximum absolute atomic E-state index is 11.7. The van der Waals surface area contributed by atoms with Crippen LogP contribution in [-0.2, 0) is 16.4 Å². The topological polar surface area (TPSA) is 46.2 Å². The highest BCUT2D eigenvalue weighted by Crippen LogP contribution is 2.06. The Kier molecular flexibility index (Phi) is 6.16. The summed E-state index contributed by atoms with van der Waals surface area (Å²) in [6.07, 6.45) is 1.34. The van der Waals surface area contributed by atoms with Gasteiger partial charge in [0.05, 0.1) is 5.75 Å². The van der Waals surface area contributed by atoms with Crippen molar-refractivity contribution in [2.24, 2.45) is 0 Å². The Bertz CT molecular complexity index is 419. The number of nitrogens with one attached hydrogen (secondary N) is 1. The summed E-state index contributed by atoms with van der Waals surface area (Å²) < 4.78 is 26.0. The number of alkyl halides is 1. The monoisotopic (exact) mass is 319 g/mol. The van der Waals surface area contributed by atoms with Crippen molar-refractivity contribution in [2.45, 2.75) is 25.8 Å². The normalized spacial score (nSPS) is 13.5. The lowest BCUT2D eigenvalue weighted by Crippen LogP contribution is -2.38. The molecule has 0 fully saturated rings. The van der Waals surface area contributed by atoms with Gasteiger partial charge in [0, 0.05) is 11.4 Å². The van der Waals surface area contributed by atoms with Gasteiger partial charge in [0.1, 0.15) is 0 Å². The van der Waals surface area contributed by atoms with E-state index in [1.165, 1.54) is 0 Å². The van der Waals surface area contributed by atoms with E-state index in [-0.39, 0.29) is 11.8 Å². The molecule has 1 rings (SSSR count). The smallest absolute Gasteiger partial charge is 0.211 e. The van der Waals surface area contributed by atoms with Crippen LogP contribution in [0.4, 0.5) is 0 Å². The summed E-state index contributed by atoms with van der Waals surface area (Å²) in [5, 5.41) is 0.616. The van der Waals surface area contributed by atoms with Crippen molar-refractivity contribution in [1.29, 1.82) is 0 Å². The SMILES string of the molecule is CCCS(=O)(=O)NC(CBr)Cc1ccccc1. The van der Waals surface area contributed by atoms with Gasteiger partial charge in [-0.1, -0.05) is 53.2 Å². The summed E-state index contributed by atoms with van der Waals surface area (Å²) in [6, 6.07) is 9.79. The van der Waals surface area contributed by atoms with Crippen LogP contribution in [0.2, 0.25) is 0 Å². The summed E-state index contributed by atoms with van der Waals surface area (Å²) in [7, 11) is -3.14. The zero-order valence-corrected chi connectivity index (χ0v) is 12.3. The Hall–Kier alpha value is -0.390. The molecule has 0 aliphatic carbocycles. The average Bonchev–Trinajstić information content (AvgIpc) is 2.29. The molecule has 96 valence electrons. The molecule has 1 aromatic carbocycles. The summed E-state index contributed by atoms with van der Waals surface area (Å²) >= 11 is 3.35. The molecule has 1 aromatic rings. The van der Waals surface area contributed by atoms with Crippen LogP contribution in [0.25, 0.3) is 0 Å². The molecule has 1 N–H and O–H groups in total. The van der Waals surface area contributed by atoms with E-state index in [2.05, 4.69) is 20.7 Å². The Morgan fingerprint density at radius 1 is 1.29 bits per heavy atom. The first-order valence-corrected chi connectivity index (χ1v) is 8.44. The van der Waals surface area contributed by atoms with Gasteiger partial charge in [-0.15, -0.1) is 0 Å². The summed E-state index contributed by atoms with van der Waals surface area (Å²) in [5.74, 6) is 0.186. The molecule has 0 aromatic heterocycles. The maximum atomic E-state index is 11.7. The van der Waals surface area contributed by atoms with Gasteiger partial charge in [-0.25, -0.2) is 13.1 Å². The van der Waals surface area contributed by atoms with E-state index in [9.17, 15) is 8.42 Å². The Morgan fingerprint density at radius 3 is 2.47 bits per heavy atom. The lowest BCUT2D eigenvalue weighted by Gasteiger charge is -2.16. The molecule has 0 saturated carbocycles. The molecule has 0 radical (unpaired) electrons. The molecule has 5 heteroatoms. The van der Waals surface area contributed by atoms with Gasteiger partial charge in [-0.2, -0.15) is 0 Å². The predicted octanol–water partition coefficient (Wildman–Crippen LogP) is 2.32. The highest BCUT2D eigenvalue weighted by Gasteiger charge is 2.16. The van der Waals surface area contributed by atoms with Gasteiger partial charge in [0.25, 0.3) is 0 Å². The fourth-order valence-electron chi connectivity index (χ4n) is 1.61. The molecule has 1 unspecified atom stereocenters. The van der Waals surface area contributed by atoms with Crippen LogP contribution in [0.1, 0.15) is 18.9 Å². The third-order valence-corrected chi connectivity index (χ3v) is 4.75.